The van der Waals surface area contributed by atoms with Gasteiger partial charge in [-0.15, -0.1) is 0 Å². The van der Waals surface area contributed by atoms with Gasteiger partial charge in [0.05, 0.1) is 24.2 Å². The van der Waals surface area contributed by atoms with E-state index in [1.165, 1.54) is 6.26 Å². The number of halogens is 6. The van der Waals surface area contributed by atoms with Gasteiger partial charge >= 0.3 is 30.4 Å². The number of imidazole rings is 1. The number of sulfonamides is 1. The van der Waals surface area contributed by atoms with Crippen LogP contribution < -0.4 is 11.1 Å². The van der Waals surface area contributed by atoms with Crippen LogP contribution >= 0.6 is 0 Å². The highest BCUT2D eigenvalue weighted by atomic mass is 32.2. The molecule has 0 spiro atoms. The highest BCUT2D eigenvalue weighted by Crippen LogP contribution is 2.43. The molecule has 308 valence electrons. The maximum absolute atomic E-state index is 14.0. The monoisotopic (exact) mass is 814 g/mol. The molecule has 55 heavy (non-hydrogen) atoms. The molecule has 7 N–H and O–H groups in total. The summed E-state index contributed by atoms with van der Waals surface area (Å²) in [6.07, 6.45) is -2.22. The van der Waals surface area contributed by atoms with Crippen molar-refractivity contribution in [3.05, 3.63) is 36.3 Å². The van der Waals surface area contributed by atoms with Crippen LogP contribution in [0.25, 0.3) is 11.3 Å². The number of nitrogens with one attached hydrogen (secondary N) is 2. The fourth-order valence-electron chi connectivity index (χ4n) is 7.03. The first-order chi connectivity index (χ1) is 25.4. The molecule has 0 unspecified atom stereocenters. The van der Waals surface area contributed by atoms with Crippen LogP contribution in [0.15, 0.2) is 30.5 Å². The Bertz CT molecular complexity index is 1710. The van der Waals surface area contributed by atoms with E-state index < -0.39 is 40.4 Å². The number of aromatic nitrogens is 2. The molecular formula is C33H44F6N6O9S. The van der Waals surface area contributed by atoms with Gasteiger partial charge in [-0.1, -0.05) is 12.1 Å². The number of amides is 2. The third-order valence-corrected chi connectivity index (χ3v) is 11.3. The molecule has 2 aromatic rings. The normalized spacial score (nSPS) is 23.0. The average molecular weight is 815 g/mol. The number of likely N-dealkylation sites (tertiary alicyclic amines) is 1. The quantitative estimate of drug-likeness (QED) is 0.200. The van der Waals surface area contributed by atoms with Crippen molar-refractivity contribution in [2.75, 3.05) is 31.2 Å². The molecule has 3 heterocycles. The van der Waals surface area contributed by atoms with E-state index in [0.717, 1.165) is 62.0 Å². The van der Waals surface area contributed by atoms with Gasteiger partial charge in [0.15, 0.2) is 0 Å². The van der Waals surface area contributed by atoms with Crippen molar-refractivity contribution >= 4 is 39.6 Å². The summed E-state index contributed by atoms with van der Waals surface area (Å²) in [5.74, 6) is -3.49. The highest BCUT2D eigenvalue weighted by molar-refractivity contribution is 7.88. The van der Waals surface area contributed by atoms with Crippen LogP contribution in [-0.2, 0) is 24.4 Å². The number of carbonyl (C=O) groups excluding carboxylic acids is 1. The Hall–Kier alpha value is -4.44. The van der Waals surface area contributed by atoms with Gasteiger partial charge in [-0.05, 0) is 87.3 Å². The predicted octanol–water partition coefficient (Wildman–Crippen LogP) is 5.15. The Labute approximate surface area is 312 Å². The lowest BCUT2D eigenvalue weighted by Gasteiger charge is -2.34. The average Bonchev–Trinajstić information content (AvgIpc) is 3.76. The zero-order valence-electron chi connectivity index (χ0n) is 29.8. The molecule has 5 rings (SSSR count). The van der Waals surface area contributed by atoms with Crippen molar-refractivity contribution in [1.29, 1.82) is 0 Å². The fraction of sp³-hybridized carbons (Fsp3) is 0.606. The number of hydrogen-bond acceptors (Lipinski definition) is 8. The summed E-state index contributed by atoms with van der Waals surface area (Å²) in [7, 11) is -3.20. The molecule has 1 aliphatic carbocycles. The molecule has 2 aliphatic heterocycles. The van der Waals surface area contributed by atoms with Crippen LogP contribution in [0, 0.1) is 23.7 Å². The Balaban J connectivity index is 0.000000494. The smallest absolute Gasteiger partial charge is 0.475 e. The number of alkyl halides is 6. The molecule has 2 saturated heterocycles. The standard InChI is InChI=1S/C29H42N6O5S.2C2HF3O2/c1-18(30)19-3-5-22(6-4-19)28(36)35-17-23(20-11-13-34(14-12-20)41(2,39)40)15-26(35)27-31-16-25(33-27)21-7-9-24(10-8-21)32-29(37)38;2*3-2(4,5)1(6)7/h7-10,16,18-20,22-23,26,32H,3-6,11-15,17,30H2,1-2H3,(H,31,33)(H,37,38);2*(H,6,7)/t18-,19-,22-,23-,26-;;/m0../s1. The van der Waals surface area contributed by atoms with Gasteiger partial charge in [0.2, 0.25) is 15.9 Å². The van der Waals surface area contributed by atoms with E-state index in [1.54, 1.807) is 22.6 Å². The lowest BCUT2D eigenvalue weighted by Crippen LogP contribution is -2.41. The molecule has 1 saturated carbocycles. The number of carboxylic acids is 2. The molecule has 15 nitrogen and oxygen atoms in total. The van der Waals surface area contributed by atoms with Gasteiger partial charge in [-0.25, -0.2) is 32.1 Å². The zero-order valence-corrected chi connectivity index (χ0v) is 30.6. The van der Waals surface area contributed by atoms with E-state index in [1.807, 2.05) is 24.0 Å². The second-order valence-corrected chi connectivity index (χ2v) is 15.8. The van der Waals surface area contributed by atoms with Gasteiger partial charge in [0.25, 0.3) is 0 Å². The molecule has 1 aromatic heterocycles. The minimum atomic E-state index is -5.08. The predicted molar refractivity (Wildman–Crippen MR) is 184 cm³/mol. The van der Waals surface area contributed by atoms with Crippen LogP contribution in [0.5, 0.6) is 0 Å². The number of piperidine rings is 1. The largest absolute Gasteiger partial charge is 0.490 e. The SMILES string of the molecule is C[C@H](N)[C@H]1CC[C@H](C(=O)N2C[C@@H](C3CCN(S(C)(=O)=O)CC3)C[C@H]2c2ncc(-c3ccc(NC(=O)O)cc3)[nH]2)CC1.O=C(O)C(F)(F)F.O=C(O)C(F)(F)F. The molecule has 3 fully saturated rings. The maximum atomic E-state index is 14.0. The molecule has 2 amide bonds. The summed E-state index contributed by atoms with van der Waals surface area (Å²) < 4.78 is 89.1. The van der Waals surface area contributed by atoms with E-state index in [-0.39, 0.29) is 29.8 Å². The van der Waals surface area contributed by atoms with Gasteiger partial charge < -0.3 is 30.9 Å². The zero-order chi connectivity index (χ0) is 41.5. The fourth-order valence-corrected chi connectivity index (χ4v) is 7.90. The van der Waals surface area contributed by atoms with Gasteiger partial charge in [-0.3, -0.25) is 10.1 Å². The molecule has 0 radical (unpaired) electrons. The minimum absolute atomic E-state index is 0.0120. The number of benzene rings is 1. The van der Waals surface area contributed by atoms with Crippen molar-refractivity contribution in [3.63, 3.8) is 0 Å². The van der Waals surface area contributed by atoms with Crippen LogP contribution in [-0.4, -0.2) is 111 Å². The Morgan fingerprint density at radius 3 is 1.84 bits per heavy atom. The Morgan fingerprint density at radius 1 is 0.891 bits per heavy atom. The number of nitrogens with zero attached hydrogens (tertiary/aromatic N) is 3. The summed E-state index contributed by atoms with van der Waals surface area (Å²) in [6.45, 7) is 3.76. The number of nitrogens with two attached hydrogens (primary N) is 1. The molecule has 0 bridgehead atoms. The summed E-state index contributed by atoms with van der Waals surface area (Å²) in [5.41, 5.74) is 8.30. The number of rotatable bonds is 7. The Morgan fingerprint density at radius 2 is 1.40 bits per heavy atom. The summed E-state index contributed by atoms with van der Waals surface area (Å²) in [6, 6.07) is 7.03. The second kappa shape index (κ2) is 18.5. The molecule has 1 aromatic carbocycles. The van der Waals surface area contributed by atoms with Gasteiger partial charge in [-0.2, -0.15) is 26.3 Å². The van der Waals surface area contributed by atoms with Crippen LogP contribution in [0.3, 0.4) is 0 Å². The number of hydrogen-bond donors (Lipinski definition) is 6. The summed E-state index contributed by atoms with van der Waals surface area (Å²) in [5, 5.41) is 25.5. The molecule has 22 heteroatoms. The van der Waals surface area contributed by atoms with E-state index in [2.05, 4.69) is 10.3 Å². The number of aromatic amines is 1. The van der Waals surface area contributed by atoms with Crippen molar-refractivity contribution in [3.8, 4) is 11.3 Å². The first kappa shape index (κ1) is 45.0. The van der Waals surface area contributed by atoms with E-state index in [4.69, 9.17) is 35.6 Å². The van der Waals surface area contributed by atoms with Crippen LogP contribution in [0.2, 0.25) is 0 Å². The van der Waals surface area contributed by atoms with Gasteiger partial charge in [0.1, 0.15) is 5.82 Å². The minimum Gasteiger partial charge on any atom is -0.475 e. The maximum Gasteiger partial charge on any atom is 0.490 e. The number of aliphatic carboxylic acids is 2. The lowest BCUT2D eigenvalue weighted by molar-refractivity contribution is -0.193. The van der Waals surface area contributed by atoms with Crippen molar-refractivity contribution < 1.29 is 69.3 Å². The number of carboxylic acid groups (broad SMARTS) is 3. The first-order valence-corrected chi connectivity index (χ1v) is 19.0. The lowest BCUT2D eigenvalue weighted by atomic mass is 9.78. The third-order valence-electron chi connectivity index (χ3n) is 9.96. The summed E-state index contributed by atoms with van der Waals surface area (Å²) in [4.78, 5) is 52.9. The molecular weight excluding hydrogens is 770 g/mol. The van der Waals surface area contributed by atoms with Crippen LogP contribution in [0.4, 0.5) is 36.8 Å². The number of carbonyl (C=O) groups is 4. The number of anilines is 1. The Kier molecular flexibility index (Phi) is 15.1. The van der Waals surface area contributed by atoms with Crippen molar-refractivity contribution in [2.24, 2.45) is 29.4 Å². The van der Waals surface area contributed by atoms with E-state index in [9.17, 15) is 44.3 Å². The van der Waals surface area contributed by atoms with E-state index in [0.29, 0.717) is 37.2 Å². The van der Waals surface area contributed by atoms with Gasteiger partial charge in [0, 0.05) is 37.3 Å². The highest BCUT2D eigenvalue weighted by Gasteiger charge is 2.44. The van der Waals surface area contributed by atoms with E-state index >= 15 is 0 Å². The topological polar surface area (TPSA) is 236 Å². The summed E-state index contributed by atoms with van der Waals surface area (Å²) >= 11 is 0. The van der Waals surface area contributed by atoms with Crippen LogP contribution in [0.1, 0.15) is 63.7 Å². The van der Waals surface area contributed by atoms with Crippen molar-refractivity contribution in [1.82, 2.24) is 19.2 Å². The number of H-pyrrole nitrogens is 1. The second-order valence-electron chi connectivity index (χ2n) is 13.8. The van der Waals surface area contributed by atoms with Crippen molar-refractivity contribution in [2.45, 2.75) is 76.3 Å². The molecule has 3 atom stereocenters. The first-order valence-electron chi connectivity index (χ1n) is 17.1. The molecule has 3 aliphatic rings. The third kappa shape index (κ3) is 13.1.